The van der Waals surface area contributed by atoms with Gasteiger partial charge in [-0.25, -0.2) is 4.79 Å². The average molecular weight is 299 g/mol. The first-order chi connectivity index (χ1) is 7.27. The van der Waals surface area contributed by atoms with E-state index in [0.717, 1.165) is 10.8 Å². The highest BCUT2D eigenvalue weighted by Crippen LogP contribution is 2.13. The summed E-state index contributed by atoms with van der Waals surface area (Å²) in [7, 11) is 0. The highest BCUT2D eigenvalue weighted by atomic mass is 79.9. The number of benzene rings is 1. The number of hydrogen-bond donors (Lipinski definition) is 1. The number of carboxylic acids is 1. The van der Waals surface area contributed by atoms with Gasteiger partial charge in [-0.1, -0.05) is 28.1 Å². The van der Waals surface area contributed by atoms with E-state index in [0.29, 0.717) is 5.56 Å². The van der Waals surface area contributed by atoms with Crippen LogP contribution in [0.25, 0.3) is 0 Å². The summed E-state index contributed by atoms with van der Waals surface area (Å²) >= 11 is 3.26. The van der Waals surface area contributed by atoms with Gasteiger partial charge in [0.1, 0.15) is 6.29 Å². The lowest BCUT2D eigenvalue weighted by Gasteiger charge is -1.93. The van der Waals surface area contributed by atoms with E-state index in [-0.39, 0.29) is 0 Å². The summed E-state index contributed by atoms with van der Waals surface area (Å²) in [6, 6.07) is 7.20. The second kappa shape index (κ2) is 6.26. The predicted molar refractivity (Wildman–Crippen MR) is 53.2 cm³/mol. The van der Waals surface area contributed by atoms with Crippen LogP contribution in [0.5, 0.6) is 0 Å². The molecule has 1 N–H and O–H groups in total. The van der Waals surface area contributed by atoms with E-state index < -0.39 is 12.1 Å². The van der Waals surface area contributed by atoms with Crippen molar-refractivity contribution in [3.63, 3.8) is 0 Å². The number of alkyl halides is 3. The lowest BCUT2D eigenvalue weighted by atomic mass is 10.2. The maximum absolute atomic E-state index is 10.6. The van der Waals surface area contributed by atoms with Crippen molar-refractivity contribution in [2.24, 2.45) is 0 Å². The van der Waals surface area contributed by atoms with E-state index in [1.54, 1.807) is 12.1 Å². The van der Waals surface area contributed by atoms with Crippen molar-refractivity contribution in [1.29, 1.82) is 0 Å². The third kappa shape index (κ3) is 6.18. The molecule has 0 aliphatic carbocycles. The second-order valence-electron chi connectivity index (χ2n) is 2.47. The lowest BCUT2D eigenvalue weighted by molar-refractivity contribution is -0.192. The number of carbonyl (C=O) groups excluding carboxylic acids is 1. The van der Waals surface area contributed by atoms with Crippen molar-refractivity contribution in [3.05, 3.63) is 34.3 Å². The minimum Gasteiger partial charge on any atom is -0.475 e. The van der Waals surface area contributed by atoms with E-state index in [1.807, 2.05) is 12.1 Å². The molecular weight excluding hydrogens is 293 g/mol. The van der Waals surface area contributed by atoms with Crippen LogP contribution in [0.3, 0.4) is 0 Å². The molecule has 1 aromatic carbocycles. The third-order valence-electron chi connectivity index (χ3n) is 1.25. The molecule has 0 heterocycles. The molecule has 0 aliphatic heterocycles. The Balaban J connectivity index is 0.000000293. The molecule has 7 heteroatoms. The van der Waals surface area contributed by atoms with Crippen molar-refractivity contribution in [2.45, 2.75) is 6.18 Å². The highest BCUT2D eigenvalue weighted by Gasteiger charge is 2.38. The molecule has 0 fully saturated rings. The van der Waals surface area contributed by atoms with Crippen LogP contribution in [0.2, 0.25) is 0 Å². The van der Waals surface area contributed by atoms with Gasteiger partial charge in [0.25, 0.3) is 0 Å². The molecule has 16 heavy (non-hydrogen) atoms. The summed E-state index contributed by atoms with van der Waals surface area (Å²) < 4.78 is 32.7. The number of carboxylic acid groups (broad SMARTS) is 1. The molecule has 88 valence electrons. The van der Waals surface area contributed by atoms with Crippen LogP contribution >= 0.6 is 15.9 Å². The minimum absolute atomic E-state index is 0.707. The Hall–Kier alpha value is -1.37. The first-order valence-corrected chi connectivity index (χ1v) is 4.57. The normalized spacial score (nSPS) is 10.0. The van der Waals surface area contributed by atoms with Crippen LogP contribution in [0.1, 0.15) is 10.4 Å². The average Bonchev–Trinajstić information content (AvgIpc) is 2.18. The monoisotopic (exact) mass is 298 g/mol. The van der Waals surface area contributed by atoms with Crippen LogP contribution in [0.4, 0.5) is 13.2 Å². The van der Waals surface area contributed by atoms with Crippen molar-refractivity contribution in [1.82, 2.24) is 0 Å². The number of halogens is 4. The fourth-order valence-corrected chi connectivity index (χ4v) is 0.806. The van der Waals surface area contributed by atoms with Gasteiger partial charge in [-0.05, 0) is 12.1 Å². The molecule has 0 saturated carbocycles. The zero-order valence-corrected chi connectivity index (χ0v) is 9.25. The van der Waals surface area contributed by atoms with Crippen LogP contribution in [0.15, 0.2) is 28.7 Å². The first-order valence-electron chi connectivity index (χ1n) is 3.78. The van der Waals surface area contributed by atoms with Gasteiger partial charge in [0, 0.05) is 10.0 Å². The van der Waals surface area contributed by atoms with Crippen LogP contribution in [-0.4, -0.2) is 23.5 Å². The number of hydrogen-bond acceptors (Lipinski definition) is 2. The first kappa shape index (κ1) is 14.6. The van der Waals surface area contributed by atoms with Crippen LogP contribution in [0, 0.1) is 0 Å². The topological polar surface area (TPSA) is 54.4 Å². The summed E-state index contributed by atoms with van der Waals surface area (Å²) in [5, 5.41) is 7.12. The van der Waals surface area contributed by atoms with Crippen molar-refractivity contribution < 1.29 is 27.9 Å². The van der Waals surface area contributed by atoms with Crippen LogP contribution < -0.4 is 0 Å². The van der Waals surface area contributed by atoms with Crippen LogP contribution in [-0.2, 0) is 4.79 Å². The van der Waals surface area contributed by atoms with Crippen molar-refractivity contribution >= 4 is 28.2 Å². The molecule has 1 rings (SSSR count). The number of aliphatic carboxylic acids is 1. The van der Waals surface area contributed by atoms with E-state index in [2.05, 4.69) is 15.9 Å². The van der Waals surface area contributed by atoms with E-state index in [4.69, 9.17) is 9.90 Å². The van der Waals surface area contributed by atoms with Gasteiger partial charge in [-0.2, -0.15) is 13.2 Å². The Morgan fingerprint density at radius 1 is 1.25 bits per heavy atom. The highest BCUT2D eigenvalue weighted by molar-refractivity contribution is 9.10. The van der Waals surface area contributed by atoms with Crippen molar-refractivity contribution in [2.75, 3.05) is 0 Å². The van der Waals surface area contributed by atoms with Gasteiger partial charge in [-0.3, -0.25) is 4.79 Å². The second-order valence-corrected chi connectivity index (χ2v) is 3.39. The molecule has 1 aromatic rings. The molecule has 0 aliphatic rings. The molecule has 0 bridgehead atoms. The summed E-state index contributed by atoms with van der Waals surface area (Å²) in [6.45, 7) is 0. The molecular formula is C9H6BrF3O3. The number of aldehydes is 1. The molecule has 0 unspecified atom stereocenters. The van der Waals surface area contributed by atoms with E-state index in [9.17, 15) is 18.0 Å². The summed E-state index contributed by atoms with van der Waals surface area (Å²) in [5.74, 6) is -2.76. The zero-order chi connectivity index (χ0) is 12.8. The fourth-order valence-electron chi connectivity index (χ4n) is 0.541. The summed E-state index contributed by atoms with van der Waals surface area (Å²) in [4.78, 5) is 19.0. The number of carbonyl (C=O) groups is 2. The maximum atomic E-state index is 10.6. The smallest absolute Gasteiger partial charge is 0.475 e. The lowest BCUT2D eigenvalue weighted by Crippen LogP contribution is -2.21. The van der Waals surface area contributed by atoms with Gasteiger partial charge in [0.2, 0.25) is 0 Å². The van der Waals surface area contributed by atoms with E-state index in [1.165, 1.54) is 0 Å². The van der Waals surface area contributed by atoms with Gasteiger partial charge in [-0.15, -0.1) is 0 Å². The standard InChI is InChI=1S/C7H5BrO.C2HF3O2/c8-7-3-1-6(5-9)2-4-7;3-2(4,5)1(6)7/h1-5H;(H,6,7). The maximum Gasteiger partial charge on any atom is 0.490 e. The fraction of sp³-hybridized carbons (Fsp3) is 0.111. The Labute approximate surface area is 97.0 Å². The predicted octanol–water partition coefficient (Wildman–Crippen LogP) is 2.89. The van der Waals surface area contributed by atoms with Crippen molar-refractivity contribution in [3.8, 4) is 0 Å². The Morgan fingerprint density at radius 3 is 1.88 bits per heavy atom. The molecule has 0 spiro atoms. The van der Waals surface area contributed by atoms with Gasteiger partial charge >= 0.3 is 12.1 Å². The molecule has 0 saturated heterocycles. The molecule has 0 amide bonds. The SMILES string of the molecule is O=C(O)C(F)(F)F.O=Cc1ccc(Br)cc1. The largest absolute Gasteiger partial charge is 0.490 e. The molecule has 0 radical (unpaired) electrons. The third-order valence-corrected chi connectivity index (χ3v) is 1.78. The quantitative estimate of drug-likeness (QED) is 0.811. The molecule has 3 nitrogen and oxygen atoms in total. The van der Waals surface area contributed by atoms with Gasteiger partial charge < -0.3 is 5.11 Å². The molecule has 0 aromatic heterocycles. The number of rotatable bonds is 1. The summed E-state index contributed by atoms with van der Waals surface area (Å²) in [6.07, 6.45) is -4.26. The Bertz CT molecular complexity index is 359. The molecule has 0 atom stereocenters. The van der Waals surface area contributed by atoms with E-state index >= 15 is 0 Å². The Morgan fingerprint density at radius 2 is 1.62 bits per heavy atom. The van der Waals surface area contributed by atoms with Gasteiger partial charge in [0.15, 0.2) is 0 Å². The Kier molecular flexibility index (Phi) is 5.73. The summed E-state index contributed by atoms with van der Waals surface area (Å²) in [5.41, 5.74) is 0.707. The van der Waals surface area contributed by atoms with Gasteiger partial charge in [0.05, 0.1) is 0 Å². The minimum atomic E-state index is -5.08. The zero-order valence-electron chi connectivity index (χ0n) is 7.66.